The molecule has 0 unspecified atom stereocenters. The van der Waals surface area contributed by atoms with Gasteiger partial charge in [-0.3, -0.25) is 10.2 Å². The lowest BCUT2D eigenvalue weighted by Gasteiger charge is -2.11. The van der Waals surface area contributed by atoms with Crippen LogP contribution in [0.5, 0.6) is 11.5 Å². The molecule has 0 amide bonds. The Morgan fingerprint density at radius 1 is 1.11 bits per heavy atom. The van der Waals surface area contributed by atoms with Crippen molar-refractivity contribution in [2.45, 2.75) is 19.8 Å². The van der Waals surface area contributed by atoms with Crippen molar-refractivity contribution in [2.75, 3.05) is 5.32 Å². The van der Waals surface area contributed by atoms with Crippen LogP contribution in [0.2, 0.25) is 5.02 Å². The SMILES string of the molecule is CC1(C(=O)Oc2cc(Cl)cc(OC(=O)c3ccc(NC(=N)N)cc3)c2)CC1. The van der Waals surface area contributed by atoms with Crippen LogP contribution in [0.1, 0.15) is 30.1 Å². The zero-order valence-corrected chi connectivity index (χ0v) is 15.3. The Labute approximate surface area is 160 Å². The topological polar surface area (TPSA) is 114 Å². The lowest BCUT2D eigenvalue weighted by molar-refractivity contribution is -0.139. The maximum atomic E-state index is 12.3. The van der Waals surface area contributed by atoms with Crippen LogP contribution in [0.15, 0.2) is 42.5 Å². The Kier molecular flexibility index (Phi) is 5.05. The highest BCUT2D eigenvalue weighted by molar-refractivity contribution is 6.30. The summed E-state index contributed by atoms with van der Waals surface area (Å²) < 4.78 is 10.7. The molecule has 4 N–H and O–H groups in total. The third-order valence-electron chi connectivity index (χ3n) is 4.16. The van der Waals surface area contributed by atoms with Crippen LogP contribution in [-0.4, -0.2) is 17.9 Å². The number of halogens is 1. The second-order valence-corrected chi connectivity index (χ2v) is 7.01. The van der Waals surface area contributed by atoms with Crippen LogP contribution in [0.3, 0.4) is 0 Å². The maximum Gasteiger partial charge on any atom is 0.343 e. The molecule has 0 heterocycles. The van der Waals surface area contributed by atoms with Crippen molar-refractivity contribution in [3.8, 4) is 11.5 Å². The third kappa shape index (κ3) is 4.77. The number of guanidine groups is 1. The maximum absolute atomic E-state index is 12.3. The number of nitrogens with two attached hydrogens (primary N) is 1. The van der Waals surface area contributed by atoms with Gasteiger partial charge in [-0.1, -0.05) is 11.6 Å². The molecule has 0 radical (unpaired) electrons. The molecule has 0 aliphatic heterocycles. The molecule has 3 rings (SSSR count). The Morgan fingerprint density at radius 2 is 1.70 bits per heavy atom. The van der Waals surface area contributed by atoms with Gasteiger partial charge in [0.25, 0.3) is 0 Å². The Morgan fingerprint density at radius 3 is 2.26 bits per heavy atom. The predicted molar refractivity (Wildman–Crippen MR) is 101 cm³/mol. The second-order valence-electron chi connectivity index (χ2n) is 6.58. The average Bonchev–Trinajstić information content (AvgIpc) is 3.33. The number of ether oxygens (including phenoxy) is 2. The largest absolute Gasteiger partial charge is 0.426 e. The molecule has 2 aromatic carbocycles. The Bertz CT molecular complexity index is 908. The molecule has 0 atom stereocenters. The first-order valence-electron chi connectivity index (χ1n) is 8.21. The van der Waals surface area contributed by atoms with Gasteiger partial charge in [-0.2, -0.15) is 0 Å². The smallest absolute Gasteiger partial charge is 0.343 e. The van der Waals surface area contributed by atoms with Crippen molar-refractivity contribution in [2.24, 2.45) is 11.1 Å². The molecule has 2 aromatic rings. The third-order valence-corrected chi connectivity index (χ3v) is 4.38. The summed E-state index contributed by atoms with van der Waals surface area (Å²) in [6.45, 7) is 1.84. The minimum Gasteiger partial charge on any atom is -0.426 e. The average molecular weight is 388 g/mol. The summed E-state index contributed by atoms with van der Waals surface area (Å²) in [6.07, 6.45) is 1.59. The molecule has 1 fully saturated rings. The highest BCUT2D eigenvalue weighted by Gasteiger charge is 2.46. The monoisotopic (exact) mass is 387 g/mol. The van der Waals surface area contributed by atoms with Crippen LogP contribution < -0.4 is 20.5 Å². The summed E-state index contributed by atoms with van der Waals surface area (Å²) in [5, 5.41) is 10.1. The van der Waals surface area contributed by atoms with Gasteiger partial charge in [0.05, 0.1) is 11.0 Å². The summed E-state index contributed by atoms with van der Waals surface area (Å²) in [4.78, 5) is 24.4. The number of hydrogen-bond acceptors (Lipinski definition) is 5. The molecule has 1 saturated carbocycles. The molecule has 0 aromatic heterocycles. The van der Waals surface area contributed by atoms with Gasteiger partial charge in [0.2, 0.25) is 0 Å². The number of esters is 2. The lowest BCUT2D eigenvalue weighted by atomic mass is 10.1. The molecule has 140 valence electrons. The molecule has 0 bridgehead atoms. The molecule has 8 heteroatoms. The highest BCUT2D eigenvalue weighted by Crippen LogP contribution is 2.46. The van der Waals surface area contributed by atoms with Crippen LogP contribution >= 0.6 is 11.6 Å². The van der Waals surface area contributed by atoms with Gasteiger partial charge < -0.3 is 20.5 Å². The zero-order valence-electron chi connectivity index (χ0n) is 14.5. The van der Waals surface area contributed by atoms with E-state index in [1.807, 2.05) is 6.92 Å². The summed E-state index contributed by atoms with van der Waals surface area (Å²) >= 11 is 6.04. The first-order chi connectivity index (χ1) is 12.7. The molecule has 1 aliphatic carbocycles. The minimum absolute atomic E-state index is 0.169. The molecular weight excluding hydrogens is 370 g/mol. The molecule has 1 aliphatic rings. The van der Waals surface area contributed by atoms with Gasteiger partial charge in [0, 0.05) is 16.8 Å². The molecule has 0 saturated heterocycles. The van der Waals surface area contributed by atoms with Gasteiger partial charge in [0.1, 0.15) is 11.5 Å². The van der Waals surface area contributed by atoms with Gasteiger partial charge in [-0.15, -0.1) is 0 Å². The number of rotatable bonds is 5. The fourth-order valence-electron chi connectivity index (χ4n) is 2.29. The van der Waals surface area contributed by atoms with Crippen LogP contribution in [-0.2, 0) is 4.79 Å². The minimum atomic E-state index is -0.599. The van der Waals surface area contributed by atoms with E-state index in [0.717, 1.165) is 12.8 Å². The summed E-state index contributed by atoms with van der Waals surface area (Å²) in [7, 11) is 0. The molecule has 7 nitrogen and oxygen atoms in total. The van der Waals surface area contributed by atoms with Crippen molar-refractivity contribution < 1.29 is 19.1 Å². The number of nitrogens with one attached hydrogen (secondary N) is 2. The number of benzene rings is 2. The van der Waals surface area contributed by atoms with E-state index in [0.29, 0.717) is 11.3 Å². The summed E-state index contributed by atoms with van der Waals surface area (Å²) in [5.41, 5.74) is 5.69. The Balaban J connectivity index is 1.70. The molecular formula is C19H18ClN3O4. The van der Waals surface area contributed by atoms with Gasteiger partial charge in [-0.05, 0) is 56.2 Å². The number of anilines is 1. The Hall–Kier alpha value is -3.06. The van der Waals surface area contributed by atoms with Crippen LogP contribution in [0.4, 0.5) is 5.69 Å². The van der Waals surface area contributed by atoms with Crippen molar-refractivity contribution in [3.05, 3.63) is 53.1 Å². The van der Waals surface area contributed by atoms with Gasteiger partial charge >= 0.3 is 11.9 Å². The van der Waals surface area contributed by atoms with E-state index < -0.39 is 11.4 Å². The fraction of sp³-hybridized carbons (Fsp3) is 0.211. The first-order valence-corrected chi connectivity index (χ1v) is 8.59. The van der Waals surface area contributed by atoms with E-state index >= 15 is 0 Å². The second kappa shape index (κ2) is 7.28. The van der Waals surface area contributed by atoms with E-state index in [2.05, 4.69) is 5.32 Å². The van der Waals surface area contributed by atoms with E-state index in [9.17, 15) is 9.59 Å². The number of hydrogen-bond donors (Lipinski definition) is 3. The van der Waals surface area contributed by atoms with E-state index in [1.54, 1.807) is 12.1 Å². The standard InChI is InChI=1S/C19H18ClN3O4/c1-19(6-7-19)17(25)27-15-9-12(20)8-14(10-15)26-16(24)11-2-4-13(5-3-11)23-18(21)22/h2-5,8-10H,6-7H2,1H3,(H4,21,22,23). The van der Waals surface area contributed by atoms with E-state index in [4.69, 9.17) is 32.2 Å². The quantitative estimate of drug-likeness (QED) is 0.312. The van der Waals surface area contributed by atoms with Crippen LogP contribution in [0, 0.1) is 10.8 Å². The van der Waals surface area contributed by atoms with Gasteiger partial charge in [-0.25, -0.2) is 4.79 Å². The van der Waals surface area contributed by atoms with Crippen molar-refractivity contribution in [1.29, 1.82) is 5.41 Å². The molecule has 27 heavy (non-hydrogen) atoms. The predicted octanol–water partition coefficient (Wildman–Crippen LogP) is 3.57. The lowest BCUT2D eigenvalue weighted by Crippen LogP contribution is -2.20. The number of carbonyl (C=O) groups is 2. The van der Waals surface area contributed by atoms with Crippen LogP contribution in [0.25, 0.3) is 0 Å². The van der Waals surface area contributed by atoms with Crippen molar-refractivity contribution in [1.82, 2.24) is 0 Å². The van der Waals surface area contributed by atoms with Gasteiger partial charge in [0.15, 0.2) is 5.96 Å². The fourth-order valence-corrected chi connectivity index (χ4v) is 2.50. The number of carbonyl (C=O) groups excluding carboxylic acids is 2. The molecule has 0 spiro atoms. The van der Waals surface area contributed by atoms with Crippen molar-refractivity contribution in [3.63, 3.8) is 0 Å². The first kappa shape index (κ1) is 18.7. The van der Waals surface area contributed by atoms with E-state index in [1.165, 1.54) is 30.3 Å². The summed E-state index contributed by atoms with van der Waals surface area (Å²) in [5.74, 6) is -0.730. The zero-order chi connectivity index (χ0) is 19.6. The van der Waals surface area contributed by atoms with Crippen molar-refractivity contribution >= 4 is 35.2 Å². The normalized spacial score (nSPS) is 14.1. The highest BCUT2D eigenvalue weighted by atomic mass is 35.5. The van der Waals surface area contributed by atoms with E-state index in [-0.39, 0.29) is 28.5 Å². The summed E-state index contributed by atoms with van der Waals surface area (Å²) in [6, 6.07) is 10.7.